The van der Waals surface area contributed by atoms with Crippen molar-refractivity contribution in [2.45, 2.75) is 45.1 Å². The van der Waals surface area contributed by atoms with Gasteiger partial charge in [0.15, 0.2) is 5.65 Å². The van der Waals surface area contributed by atoms with E-state index in [2.05, 4.69) is 15.1 Å². The first-order valence-corrected chi connectivity index (χ1v) is 9.99. The van der Waals surface area contributed by atoms with E-state index in [1.165, 1.54) is 0 Å². The molecular weight excluding hydrogens is 362 g/mol. The fourth-order valence-electron chi connectivity index (χ4n) is 3.37. The molecule has 0 radical (unpaired) electrons. The maximum absolute atomic E-state index is 12.2. The van der Waals surface area contributed by atoms with Crippen LogP contribution >= 0.6 is 11.3 Å². The van der Waals surface area contributed by atoms with Gasteiger partial charge in [-0.3, -0.25) is 4.98 Å². The zero-order valence-corrected chi connectivity index (χ0v) is 16.6. The van der Waals surface area contributed by atoms with Crippen LogP contribution in [0.4, 0.5) is 4.79 Å². The van der Waals surface area contributed by atoms with Crippen LogP contribution in [0.3, 0.4) is 0 Å². The van der Waals surface area contributed by atoms with Gasteiger partial charge < -0.3 is 9.64 Å². The summed E-state index contributed by atoms with van der Waals surface area (Å²) in [5.41, 5.74) is 4.40. The summed E-state index contributed by atoms with van der Waals surface area (Å²) in [5.74, 6) is 0.350. The van der Waals surface area contributed by atoms with Gasteiger partial charge in [-0.05, 0) is 39.5 Å². The Kier molecular flexibility index (Phi) is 4.59. The van der Waals surface area contributed by atoms with Crippen LogP contribution in [0.5, 0.6) is 0 Å². The number of thiazole rings is 1. The molecule has 1 saturated heterocycles. The van der Waals surface area contributed by atoms with E-state index in [1.54, 1.807) is 16.2 Å². The average molecular weight is 385 g/mol. The van der Waals surface area contributed by atoms with Crippen LogP contribution < -0.4 is 0 Å². The van der Waals surface area contributed by atoms with Gasteiger partial charge in [0, 0.05) is 42.8 Å². The van der Waals surface area contributed by atoms with Crippen molar-refractivity contribution in [3.63, 3.8) is 0 Å². The van der Waals surface area contributed by atoms with Crippen molar-refractivity contribution >= 4 is 23.1 Å². The Morgan fingerprint density at radius 1 is 1.22 bits per heavy atom. The minimum Gasteiger partial charge on any atom is -0.444 e. The van der Waals surface area contributed by atoms with E-state index in [-0.39, 0.29) is 6.09 Å². The number of amides is 1. The van der Waals surface area contributed by atoms with Crippen molar-refractivity contribution in [3.05, 3.63) is 35.9 Å². The maximum atomic E-state index is 12.2. The van der Waals surface area contributed by atoms with Crippen LogP contribution in [0, 0.1) is 0 Å². The molecule has 0 saturated carbocycles. The number of nitrogens with zero attached hydrogens (tertiary/aromatic N) is 5. The van der Waals surface area contributed by atoms with Crippen molar-refractivity contribution in [1.82, 2.24) is 24.5 Å². The van der Waals surface area contributed by atoms with Gasteiger partial charge in [0.1, 0.15) is 5.60 Å². The third-order valence-electron chi connectivity index (χ3n) is 4.69. The second kappa shape index (κ2) is 6.92. The fraction of sp³-hybridized carbons (Fsp3) is 0.474. The number of carbonyl (C=O) groups is 1. The molecule has 1 fully saturated rings. The molecule has 4 heterocycles. The molecule has 0 bridgehead atoms. The number of rotatable bonds is 2. The number of ether oxygens (including phenoxy) is 1. The third kappa shape index (κ3) is 3.80. The van der Waals surface area contributed by atoms with Crippen LogP contribution in [0.25, 0.3) is 16.1 Å². The number of carbonyl (C=O) groups excluding carboxylic acids is 1. The molecule has 1 aliphatic heterocycles. The zero-order chi connectivity index (χ0) is 19.0. The number of likely N-dealkylation sites (tertiary alicyclic amines) is 1. The molecule has 1 amide bonds. The molecule has 7 nitrogen and oxygen atoms in total. The molecule has 142 valence electrons. The largest absolute Gasteiger partial charge is 0.444 e. The normalized spacial score (nSPS) is 16.0. The molecule has 1 aliphatic rings. The summed E-state index contributed by atoms with van der Waals surface area (Å²) in [6.07, 6.45) is 9.17. The lowest BCUT2D eigenvalue weighted by Gasteiger charge is -2.33. The molecule has 0 unspecified atom stereocenters. The van der Waals surface area contributed by atoms with Gasteiger partial charge >= 0.3 is 6.09 Å². The smallest absolute Gasteiger partial charge is 0.410 e. The van der Waals surface area contributed by atoms with Gasteiger partial charge in [0.2, 0.25) is 0 Å². The first kappa shape index (κ1) is 17.9. The average Bonchev–Trinajstić information content (AvgIpc) is 3.30. The summed E-state index contributed by atoms with van der Waals surface area (Å²) in [6, 6.07) is 0. The van der Waals surface area contributed by atoms with Gasteiger partial charge in [-0.25, -0.2) is 14.3 Å². The fourth-order valence-corrected chi connectivity index (χ4v) is 3.96. The van der Waals surface area contributed by atoms with Crippen molar-refractivity contribution in [2.24, 2.45) is 0 Å². The van der Waals surface area contributed by atoms with Crippen LogP contribution in [0.15, 0.2) is 30.3 Å². The molecular formula is C19H23N5O2S. The Balaban J connectivity index is 1.47. The summed E-state index contributed by atoms with van der Waals surface area (Å²) >= 11 is 1.58. The van der Waals surface area contributed by atoms with Crippen molar-refractivity contribution in [1.29, 1.82) is 0 Å². The molecule has 27 heavy (non-hydrogen) atoms. The Morgan fingerprint density at radius 2 is 2.00 bits per heavy atom. The van der Waals surface area contributed by atoms with Gasteiger partial charge in [0.25, 0.3) is 0 Å². The quantitative estimate of drug-likeness (QED) is 0.667. The number of aromatic nitrogens is 4. The van der Waals surface area contributed by atoms with E-state index >= 15 is 0 Å². The summed E-state index contributed by atoms with van der Waals surface area (Å²) in [4.78, 5) is 23.9. The number of hydrogen-bond acceptors (Lipinski definition) is 6. The van der Waals surface area contributed by atoms with Crippen LogP contribution in [-0.4, -0.2) is 49.3 Å². The van der Waals surface area contributed by atoms with E-state index < -0.39 is 5.60 Å². The van der Waals surface area contributed by atoms with Crippen molar-refractivity contribution < 1.29 is 9.53 Å². The van der Waals surface area contributed by atoms with Gasteiger partial charge in [-0.2, -0.15) is 5.10 Å². The highest BCUT2D eigenvalue weighted by molar-refractivity contribution is 7.13. The highest BCUT2D eigenvalue weighted by atomic mass is 32.1. The number of hydrogen-bond donors (Lipinski definition) is 0. The lowest BCUT2D eigenvalue weighted by molar-refractivity contribution is 0.0205. The Bertz CT molecular complexity index is 937. The Labute approximate surface area is 162 Å². The SMILES string of the molecule is CC(C)(C)OC(=O)N1CCC(c2cnn3cc(-c4cncs4)cnc23)CC1. The lowest BCUT2D eigenvalue weighted by Crippen LogP contribution is -2.41. The number of piperidine rings is 1. The molecule has 8 heteroatoms. The van der Waals surface area contributed by atoms with Crippen molar-refractivity contribution in [3.8, 4) is 10.4 Å². The van der Waals surface area contributed by atoms with E-state index in [1.807, 2.05) is 55.6 Å². The summed E-state index contributed by atoms with van der Waals surface area (Å²) in [5, 5.41) is 4.50. The van der Waals surface area contributed by atoms with Gasteiger partial charge in [-0.15, -0.1) is 11.3 Å². The van der Waals surface area contributed by atoms with Crippen LogP contribution in [-0.2, 0) is 4.74 Å². The van der Waals surface area contributed by atoms with Crippen molar-refractivity contribution in [2.75, 3.05) is 13.1 Å². The highest BCUT2D eigenvalue weighted by Crippen LogP contribution is 2.31. The van der Waals surface area contributed by atoms with E-state index in [4.69, 9.17) is 4.74 Å². The van der Waals surface area contributed by atoms with Gasteiger partial charge in [-0.1, -0.05) is 0 Å². The first-order valence-electron chi connectivity index (χ1n) is 9.11. The van der Waals surface area contributed by atoms with Gasteiger partial charge in [0.05, 0.1) is 16.6 Å². The topological polar surface area (TPSA) is 72.6 Å². The standard InChI is InChI=1S/C19H23N5O2S/c1-19(2,3)26-18(25)23-6-4-13(5-7-23)15-9-22-24-11-14(8-21-17(15)24)16-10-20-12-27-16/h8-13H,4-7H2,1-3H3. The minimum absolute atomic E-state index is 0.229. The molecule has 4 rings (SSSR count). The van der Waals surface area contributed by atoms with Crippen LogP contribution in [0.2, 0.25) is 0 Å². The molecule has 0 N–H and O–H groups in total. The predicted molar refractivity (Wildman–Crippen MR) is 104 cm³/mol. The first-order chi connectivity index (χ1) is 12.9. The second-order valence-electron chi connectivity index (χ2n) is 7.82. The van der Waals surface area contributed by atoms with E-state index in [9.17, 15) is 4.79 Å². The van der Waals surface area contributed by atoms with E-state index in [0.29, 0.717) is 19.0 Å². The highest BCUT2D eigenvalue weighted by Gasteiger charge is 2.29. The Morgan fingerprint density at radius 3 is 2.67 bits per heavy atom. The second-order valence-corrected chi connectivity index (χ2v) is 8.70. The molecule has 0 spiro atoms. The molecule has 0 atom stereocenters. The van der Waals surface area contributed by atoms with Crippen LogP contribution in [0.1, 0.15) is 45.1 Å². The third-order valence-corrected chi connectivity index (χ3v) is 5.51. The predicted octanol–water partition coefficient (Wildman–Crippen LogP) is 3.97. The molecule has 0 aromatic carbocycles. The maximum Gasteiger partial charge on any atom is 0.410 e. The molecule has 3 aromatic heterocycles. The summed E-state index contributed by atoms with van der Waals surface area (Å²) in [6.45, 7) is 7.06. The minimum atomic E-state index is -0.462. The molecule has 0 aliphatic carbocycles. The summed E-state index contributed by atoms with van der Waals surface area (Å²) in [7, 11) is 0. The Hall–Kier alpha value is -2.48. The zero-order valence-electron chi connectivity index (χ0n) is 15.8. The molecule has 3 aromatic rings. The van der Waals surface area contributed by atoms with E-state index in [0.717, 1.165) is 34.5 Å². The number of fused-ring (bicyclic) bond motifs is 1. The monoisotopic (exact) mass is 385 g/mol. The lowest BCUT2D eigenvalue weighted by atomic mass is 9.91. The summed E-state index contributed by atoms with van der Waals surface area (Å²) < 4.78 is 7.31.